The van der Waals surface area contributed by atoms with E-state index in [4.69, 9.17) is 0 Å². The summed E-state index contributed by atoms with van der Waals surface area (Å²) in [5, 5.41) is 10.8. The first kappa shape index (κ1) is 12.8. The van der Waals surface area contributed by atoms with Crippen molar-refractivity contribution in [2.45, 2.75) is 6.42 Å². The summed E-state index contributed by atoms with van der Waals surface area (Å²) >= 11 is 3.14. The van der Waals surface area contributed by atoms with Crippen molar-refractivity contribution in [2.24, 2.45) is 0 Å². The third-order valence-electron chi connectivity index (χ3n) is 2.75. The Morgan fingerprint density at radius 3 is 2.78 bits per heavy atom. The van der Waals surface area contributed by atoms with Gasteiger partial charge in [0.15, 0.2) is 0 Å². The first-order valence-electron chi connectivity index (χ1n) is 5.48. The van der Waals surface area contributed by atoms with Crippen molar-refractivity contribution in [3.63, 3.8) is 0 Å². The molecule has 0 saturated carbocycles. The molecule has 0 unspecified atom stereocenters. The number of rotatable bonds is 2. The Morgan fingerprint density at radius 1 is 1.39 bits per heavy atom. The molecule has 1 aromatic rings. The topological polar surface area (TPSA) is 63.4 Å². The molecule has 1 amide bonds. The van der Waals surface area contributed by atoms with Crippen LogP contribution in [0.1, 0.15) is 16.8 Å². The van der Waals surface area contributed by atoms with Gasteiger partial charge in [-0.25, -0.2) is 0 Å². The quantitative estimate of drug-likeness (QED) is 0.479. The van der Waals surface area contributed by atoms with Crippen molar-refractivity contribution in [1.82, 2.24) is 4.90 Å². The number of nitro benzene ring substituents is 1. The molecule has 0 aliphatic carbocycles. The predicted octanol–water partition coefficient (Wildman–Crippen LogP) is 2.76. The number of halogens is 1. The number of nitro groups is 1. The van der Waals surface area contributed by atoms with Crippen LogP contribution in [0.5, 0.6) is 0 Å². The zero-order chi connectivity index (χ0) is 13.1. The van der Waals surface area contributed by atoms with Crippen LogP contribution in [0.15, 0.2) is 34.8 Å². The number of hydrogen-bond donors (Lipinski definition) is 0. The second-order valence-corrected chi connectivity index (χ2v) is 4.70. The Labute approximate surface area is 112 Å². The highest BCUT2D eigenvalue weighted by Crippen LogP contribution is 2.29. The van der Waals surface area contributed by atoms with Gasteiger partial charge in [0.1, 0.15) is 4.47 Å². The summed E-state index contributed by atoms with van der Waals surface area (Å²) in [5.74, 6) is -0.185. The highest BCUT2D eigenvalue weighted by molar-refractivity contribution is 9.10. The molecule has 5 nitrogen and oxygen atoms in total. The number of carbonyl (C=O) groups is 1. The Balaban J connectivity index is 2.33. The van der Waals surface area contributed by atoms with E-state index in [2.05, 4.69) is 15.9 Å². The van der Waals surface area contributed by atoms with Crippen molar-refractivity contribution in [2.75, 3.05) is 13.1 Å². The molecular formula is C12H11BrN2O3. The van der Waals surface area contributed by atoms with Crippen molar-refractivity contribution >= 4 is 27.5 Å². The predicted molar refractivity (Wildman–Crippen MR) is 70.5 cm³/mol. The van der Waals surface area contributed by atoms with Crippen molar-refractivity contribution in [3.8, 4) is 0 Å². The Hall–Kier alpha value is -1.69. The van der Waals surface area contributed by atoms with Gasteiger partial charge in [-0.2, -0.15) is 0 Å². The SMILES string of the molecule is O=C(c1cccc([N+](=O)[O-])c1Br)N1CC=CCC1. The van der Waals surface area contributed by atoms with Crippen LogP contribution in [0.4, 0.5) is 5.69 Å². The van der Waals surface area contributed by atoms with Gasteiger partial charge in [-0.1, -0.05) is 18.2 Å². The van der Waals surface area contributed by atoms with Crippen LogP contribution in [0.2, 0.25) is 0 Å². The Morgan fingerprint density at radius 2 is 2.17 bits per heavy atom. The molecule has 1 aliphatic heterocycles. The van der Waals surface area contributed by atoms with Crippen molar-refractivity contribution in [3.05, 3.63) is 50.5 Å². The number of nitrogens with zero attached hydrogens (tertiary/aromatic N) is 2. The summed E-state index contributed by atoms with van der Waals surface area (Å²) < 4.78 is 0.245. The van der Waals surface area contributed by atoms with Crippen LogP contribution in [0, 0.1) is 10.1 Å². The lowest BCUT2D eigenvalue weighted by atomic mass is 10.1. The maximum atomic E-state index is 12.2. The van der Waals surface area contributed by atoms with Gasteiger partial charge < -0.3 is 4.90 Å². The van der Waals surface area contributed by atoms with E-state index in [0.29, 0.717) is 18.7 Å². The van der Waals surface area contributed by atoms with Gasteiger partial charge >= 0.3 is 0 Å². The average Bonchev–Trinajstić information content (AvgIpc) is 2.39. The second-order valence-electron chi connectivity index (χ2n) is 3.91. The largest absolute Gasteiger partial charge is 0.335 e. The molecule has 1 heterocycles. The van der Waals surface area contributed by atoms with E-state index in [-0.39, 0.29) is 16.1 Å². The molecule has 6 heteroatoms. The monoisotopic (exact) mass is 310 g/mol. The summed E-state index contributed by atoms with van der Waals surface area (Å²) in [6, 6.07) is 4.49. The lowest BCUT2D eigenvalue weighted by Crippen LogP contribution is -2.34. The summed E-state index contributed by atoms with van der Waals surface area (Å²) in [6.45, 7) is 1.19. The normalized spacial score (nSPS) is 14.6. The van der Waals surface area contributed by atoms with E-state index in [1.54, 1.807) is 11.0 Å². The fourth-order valence-corrected chi connectivity index (χ4v) is 2.40. The average molecular weight is 311 g/mol. The van der Waals surface area contributed by atoms with Gasteiger partial charge in [0.05, 0.1) is 10.5 Å². The van der Waals surface area contributed by atoms with Gasteiger partial charge in [0.2, 0.25) is 0 Å². The van der Waals surface area contributed by atoms with Crippen molar-refractivity contribution in [1.29, 1.82) is 0 Å². The van der Waals surface area contributed by atoms with Crippen LogP contribution in [-0.2, 0) is 0 Å². The summed E-state index contributed by atoms with van der Waals surface area (Å²) in [4.78, 5) is 24.2. The molecule has 1 aromatic carbocycles. The van der Waals surface area contributed by atoms with E-state index in [0.717, 1.165) is 6.42 Å². The molecule has 0 saturated heterocycles. The van der Waals surface area contributed by atoms with Crippen molar-refractivity contribution < 1.29 is 9.72 Å². The molecule has 0 bridgehead atoms. The molecule has 0 radical (unpaired) electrons. The summed E-state index contributed by atoms with van der Waals surface area (Å²) in [6.07, 6.45) is 4.76. The Bertz CT molecular complexity index is 528. The fraction of sp³-hybridized carbons (Fsp3) is 0.250. The maximum absolute atomic E-state index is 12.2. The minimum absolute atomic E-state index is 0.0894. The molecule has 0 spiro atoms. The molecule has 0 fully saturated rings. The summed E-state index contributed by atoms with van der Waals surface area (Å²) in [5.41, 5.74) is 0.243. The second kappa shape index (κ2) is 5.30. The zero-order valence-electron chi connectivity index (χ0n) is 9.51. The number of amides is 1. The lowest BCUT2D eigenvalue weighted by molar-refractivity contribution is -0.385. The highest BCUT2D eigenvalue weighted by atomic mass is 79.9. The van der Waals surface area contributed by atoms with Crippen LogP contribution >= 0.6 is 15.9 Å². The standard InChI is InChI=1S/C12H11BrN2O3/c13-11-9(5-4-6-10(11)15(17)18)12(16)14-7-2-1-3-8-14/h1-2,4-6H,3,7-8H2. The molecular weight excluding hydrogens is 300 g/mol. The molecule has 0 N–H and O–H groups in total. The van der Waals surface area contributed by atoms with Gasteiger partial charge in [-0.3, -0.25) is 14.9 Å². The van der Waals surface area contributed by atoms with E-state index in [1.165, 1.54) is 12.1 Å². The minimum atomic E-state index is -0.503. The maximum Gasteiger partial charge on any atom is 0.284 e. The van der Waals surface area contributed by atoms with E-state index in [1.807, 2.05) is 12.2 Å². The first-order chi connectivity index (χ1) is 8.61. The van der Waals surface area contributed by atoms with E-state index < -0.39 is 4.92 Å². The Kier molecular flexibility index (Phi) is 3.76. The van der Waals surface area contributed by atoms with E-state index in [9.17, 15) is 14.9 Å². The fourth-order valence-electron chi connectivity index (χ4n) is 1.82. The number of benzene rings is 1. The van der Waals surface area contributed by atoms with Crippen LogP contribution in [0.3, 0.4) is 0 Å². The highest BCUT2D eigenvalue weighted by Gasteiger charge is 2.23. The molecule has 18 heavy (non-hydrogen) atoms. The van der Waals surface area contributed by atoms with Crippen LogP contribution in [-0.4, -0.2) is 28.8 Å². The number of hydrogen-bond acceptors (Lipinski definition) is 3. The third kappa shape index (κ3) is 2.43. The van der Waals surface area contributed by atoms with Gasteiger partial charge in [0.25, 0.3) is 11.6 Å². The first-order valence-corrected chi connectivity index (χ1v) is 6.27. The van der Waals surface area contributed by atoms with Crippen LogP contribution < -0.4 is 0 Å². The zero-order valence-corrected chi connectivity index (χ0v) is 11.1. The molecule has 94 valence electrons. The molecule has 1 aliphatic rings. The van der Waals surface area contributed by atoms with Gasteiger partial charge in [0, 0.05) is 19.2 Å². The number of carbonyl (C=O) groups excluding carboxylic acids is 1. The smallest absolute Gasteiger partial charge is 0.284 e. The van der Waals surface area contributed by atoms with Crippen LogP contribution in [0.25, 0.3) is 0 Å². The third-order valence-corrected chi connectivity index (χ3v) is 3.58. The molecule has 0 atom stereocenters. The lowest BCUT2D eigenvalue weighted by Gasteiger charge is -2.23. The van der Waals surface area contributed by atoms with E-state index >= 15 is 0 Å². The molecule has 2 rings (SSSR count). The van der Waals surface area contributed by atoms with Gasteiger partial charge in [-0.15, -0.1) is 0 Å². The molecule has 0 aromatic heterocycles. The van der Waals surface area contributed by atoms with Gasteiger partial charge in [-0.05, 0) is 28.4 Å². The summed E-state index contributed by atoms with van der Waals surface area (Å²) in [7, 11) is 0. The minimum Gasteiger partial charge on any atom is -0.335 e.